The van der Waals surface area contributed by atoms with Gasteiger partial charge in [-0.3, -0.25) is 9.79 Å². The molecule has 2 N–H and O–H groups in total. The van der Waals surface area contributed by atoms with Crippen molar-refractivity contribution in [3.63, 3.8) is 0 Å². The van der Waals surface area contributed by atoms with Gasteiger partial charge in [-0.05, 0) is 17.7 Å². The number of halogens is 4. The molecule has 0 saturated carbocycles. The molecule has 0 spiro atoms. The van der Waals surface area contributed by atoms with E-state index in [2.05, 4.69) is 20.4 Å². The summed E-state index contributed by atoms with van der Waals surface area (Å²) < 4.78 is 42.3. The Bertz CT molecular complexity index is 536. The van der Waals surface area contributed by atoms with Crippen molar-refractivity contribution in [2.75, 3.05) is 20.7 Å². The van der Waals surface area contributed by atoms with Crippen LogP contribution in [0.2, 0.25) is 0 Å². The monoisotopic (exact) mass is 445 g/mol. The normalized spacial score (nSPS) is 11.4. The number of nitrogens with one attached hydrogen (secondary N) is 2. The summed E-state index contributed by atoms with van der Waals surface area (Å²) in [7, 11) is 2.82. The molecule has 0 aromatic heterocycles. The van der Waals surface area contributed by atoms with Gasteiger partial charge in [0.2, 0.25) is 0 Å². The molecule has 0 heterocycles. The fraction of sp³-hybridized carbons (Fsp3) is 0.429. The molecule has 1 rings (SSSR count). The Kier molecular flexibility index (Phi) is 9.61. The third kappa shape index (κ3) is 8.05. The molecule has 130 valence electrons. The van der Waals surface area contributed by atoms with Gasteiger partial charge in [-0.25, -0.2) is 0 Å². The molecule has 1 aromatic rings. The largest absolute Gasteiger partial charge is 0.469 e. The van der Waals surface area contributed by atoms with E-state index in [9.17, 15) is 18.0 Å². The first-order valence-electron chi connectivity index (χ1n) is 6.54. The second-order valence-corrected chi connectivity index (χ2v) is 4.38. The lowest BCUT2D eigenvalue weighted by molar-refractivity contribution is -0.140. The van der Waals surface area contributed by atoms with Crippen molar-refractivity contribution in [1.29, 1.82) is 0 Å². The molecule has 0 aliphatic carbocycles. The predicted octanol–water partition coefficient (Wildman–Crippen LogP) is 2.55. The second-order valence-electron chi connectivity index (χ2n) is 4.38. The van der Waals surface area contributed by atoms with Gasteiger partial charge >= 0.3 is 12.1 Å². The van der Waals surface area contributed by atoms with Crippen LogP contribution in [0.25, 0.3) is 0 Å². The molecule has 5 nitrogen and oxygen atoms in total. The Labute approximate surface area is 149 Å². The summed E-state index contributed by atoms with van der Waals surface area (Å²) in [4.78, 5) is 14.9. The van der Waals surface area contributed by atoms with E-state index in [0.717, 1.165) is 12.1 Å². The number of methoxy groups -OCH3 is 1. The lowest BCUT2D eigenvalue weighted by Crippen LogP contribution is -2.38. The first kappa shape index (κ1) is 21.5. The van der Waals surface area contributed by atoms with Crippen molar-refractivity contribution in [2.24, 2.45) is 4.99 Å². The van der Waals surface area contributed by atoms with E-state index in [4.69, 9.17) is 0 Å². The van der Waals surface area contributed by atoms with Crippen LogP contribution >= 0.6 is 24.0 Å². The van der Waals surface area contributed by atoms with Crippen LogP contribution in [0.3, 0.4) is 0 Å². The Morgan fingerprint density at radius 1 is 1.30 bits per heavy atom. The van der Waals surface area contributed by atoms with Crippen LogP contribution in [0.15, 0.2) is 29.3 Å². The zero-order chi connectivity index (χ0) is 16.6. The van der Waals surface area contributed by atoms with Crippen molar-refractivity contribution in [2.45, 2.75) is 19.1 Å². The van der Waals surface area contributed by atoms with Gasteiger partial charge in [0.25, 0.3) is 0 Å². The van der Waals surface area contributed by atoms with Crippen LogP contribution in [-0.4, -0.2) is 32.6 Å². The molecule has 0 fully saturated rings. The minimum Gasteiger partial charge on any atom is -0.469 e. The summed E-state index contributed by atoms with van der Waals surface area (Å²) in [6, 6.07) is 5.04. The molecule has 0 saturated heterocycles. The number of guanidine groups is 1. The fourth-order valence-electron chi connectivity index (χ4n) is 1.65. The van der Waals surface area contributed by atoms with Gasteiger partial charge in [0.15, 0.2) is 5.96 Å². The van der Waals surface area contributed by atoms with Crippen LogP contribution in [0.5, 0.6) is 0 Å². The number of ether oxygens (including phenoxy) is 1. The average Bonchev–Trinajstić information content (AvgIpc) is 2.49. The number of aliphatic imine (C=N–C) groups is 1. The molecule has 9 heteroatoms. The van der Waals surface area contributed by atoms with Crippen molar-refractivity contribution in [3.8, 4) is 0 Å². The summed E-state index contributed by atoms with van der Waals surface area (Å²) in [6.07, 6.45) is -4.20. The van der Waals surface area contributed by atoms with E-state index in [1.54, 1.807) is 6.07 Å². The predicted molar refractivity (Wildman–Crippen MR) is 91.7 cm³/mol. The number of carbonyl (C=O) groups is 1. The summed E-state index contributed by atoms with van der Waals surface area (Å²) in [6.45, 7) is 0.497. The summed E-state index contributed by atoms with van der Waals surface area (Å²) in [5, 5.41) is 5.74. The van der Waals surface area contributed by atoms with Gasteiger partial charge in [0.1, 0.15) is 0 Å². The van der Waals surface area contributed by atoms with Crippen LogP contribution < -0.4 is 10.6 Å². The number of rotatable bonds is 5. The molecule has 0 radical (unpaired) electrons. The molecule has 0 unspecified atom stereocenters. The molecule has 0 amide bonds. The maximum atomic E-state index is 12.6. The molecule has 23 heavy (non-hydrogen) atoms. The number of nitrogens with zero attached hydrogens (tertiary/aromatic N) is 1. The number of alkyl halides is 3. The smallest absolute Gasteiger partial charge is 0.416 e. The van der Waals surface area contributed by atoms with Gasteiger partial charge in [-0.1, -0.05) is 12.1 Å². The Morgan fingerprint density at radius 2 is 2.00 bits per heavy atom. The highest BCUT2D eigenvalue weighted by Gasteiger charge is 2.30. The highest BCUT2D eigenvalue weighted by atomic mass is 127. The molecule has 1 aromatic carbocycles. The van der Waals surface area contributed by atoms with Crippen molar-refractivity contribution in [3.05, 3.63) is 35.4 Å². The summed E-state index contributed by atoms with van der Waals surface area (Å²) >= 11 is 0. The summed E-state index contributed by atoms with van der Waals surface area (Å²) in [5.41, 5.74) is -0.216. The fourth-order valence-corrected chi connectivity index (χ4v) is 1.65. The van der Waals surface area contributed by atoms with E-state index >= 15 is 0 Å². The number of hydrogen-bond acceptors (Lipinski definition) is 3. The van der Waals surface area contributed by atoms with Crippen LogP contribution in [0.4, 0.5) is 13.2 Å². The number of esters is 1. The van der Waals surface area contributed by atoms with Gasteiger partial charge in [0, 0.05) is 20.1 Å². The summed E-state index contributed by atoms with van der Waals surface area (Å²) in [5.74, 6) is 0.0298. The van der Waals surface area contributed by atoms with Crippen molar-refractivity contribution < 1.29 is 22.7 Å². The molecule has 0 aliphatic rings. The maximum absolute atomic E-state index is 12.6. The lowest BCUT2D eigenvalue weighted by Gasteiger charge is -2.13. The van der Waals surface area contributed by atoms with Gasteiger partial charge < -0.3 is 15.4 Å². The minimum absolute atomic E-state index is 0. The van der Waals surface area contributed by atoms with E-state index in [1.165, 1.54) is 20.2 Å². The molecule has 0 bridgehead atoms. The Morgan fingerprint density at radius 3 is 2.57 bits per heavy atom. The second kappa shape index (κ2) is 10.3. The first-order valence-corrected chi connectivity index (χ1v) is 6.54. The average molecular weight is 445 g/mol. The zero-order valence-corrected chi connectivity index (χ0v) is 15.1. The topological polar surface area (TPSA) is 62.7 Å². The first-order chi connectivity index (χ1) is 10.4. The third-order valence-electron chi connectivity index (χ3n) is 2.79. The van der Waals surface area contributed by atoms with Gasteiger partial charge in [-0.15, -0.1) is 24.0 Å². The van der Waals surface area contributed by atoms with E-state index in [0.29, 0.717) is 18.1 Å². The zero-order valence-electron chi connectivity index (χ0n) is 12.7. The Hall–Kier alpha value is -1.52. The number of carbonyl (C=O) groups excluding carboxylic acids is 1. The third-order valence-corrected chi connectivity index (χ3v) is 2.79. The van der Waals surface area contributed by atoms with Crippen LogP contribution in [0.1, 0.15) is 17.5 Å². The van der Waals surface area contributed by atoms with E-state index < -0.39 is 11.7 Å². The number of benzene rings is 1. The standard InChI is InChI=1S/C14H18F3N3O2.HI/c1-18-13(19-7-6-12(21)22-2)20-9-10-4-3-5-11(8-10)14(15,16)17;/h3-5,8H,6-7,9H2,1-2H3,(H2,18,19,20);1H. The Balaban J connectivity index is 0.00000484. The minimum atomic E-state index is -4.36. The van der Waals surface area contributed by atoms with Gasteiger partial charge in [0.05, 0.1) is 19.1 Å². The van der Waals surface area contributed by atoms with Crippen molar-refractivity contribution >= 4 is 35.9 Å². The molecular formula is C14H19F3IN3O2. The molecule has 0 aliphatic heterocycles. The highest BCUT2D eigenvalue weighted by molar-refractivity contribution is 14.0. The molecule has 0 atom stereocenters. The van der Waals surface area contributed by atoms with Crippen LogP contribution in [-0.2, 0) is 22.3 Å². The van der Waals surface area contributed by atoms with E-state index in [1.807, 2.05) is 0 Å². The lowest BCUT2D eigenvalue weighted by atomic mass is 10.1. The highest BCUT2D eigenvalue weighted by Crippen LogP contribution is 2.29. The molecular weight excluding hydrogens is 426 g/mol. The van der Waals surface area contributed by atoms with Crippen LogP contribution in [0, 0.1) is 0 Å². The van der Waals surface area contributed by atoms with E-state index in [-0.39, 0.29) is 42.9 Å². The van der Waals surface area contributed by atoms with Gasteiger partial charge in [-0.2, -0.15) is 13.2 Å². The SMILES string of the molecule is CN=C(NCCC(=O)OC)NCc1cccc(C(F)(F)F)c1.I. The maximum Gasteiger partial charge on any atom is 0.416 e. The quantitative estimate of drug-likeness (QED) is 0.317. The van der Waals surface area contributed by atoms with Crippen molar-refractivity contribution in [1.82, 2.24) is 10.6 Å². The number of hydrogen-bond donors (Lipinski definition) is 2.